The molecule has 0 amide bonds. The van der Waals surface area contributed by atoms with Crippen molar-refractivity contribution >= 4 is 21.6 Å². The second-order valence-electron chi connectivity index (χ2n) is 5.19. The molecule has 2 nitrogen and oxygen atoms in total. The number of benzene rings is 1. The number of anilines is 1. The molecular formula is C13H15BrF3NO. The van der Waals surface area contributed by atoms with E-state index in [2.05, 4.69) is 15.9 Å². The summed E-state index contributed by atoms with van der Waals surface area (Å²) in [6.07, 6.45) is -2.81. The molecule has 1 aliphatic heterocycles. The fourth-order valence-electron chi connectivity index (χ4n) is 2.37. The van der Waals surface area contributed by atoms with Crippen LogP contribution < -0.4 is 4.90 Å². The summed E-state index contributed by atoms with van der Waals surface area (Å²) in [6, 6.07) is 3.61. The smallest absolute Gasteiger partial charge is 0.388 e. The lowest BCUT2D eigenvalue weighted by Crippen LogP contribution is -2.46. The first-order valence-electron chi connectivity index (χ1n) is 6.03. The van der Waals surface area contributed by atoms with Crippen molar-refractivity contribution in [3.8, 4) is 0 Å². The Morgan fingerprint density at radius 2 is 2.05 bits per heavy atom. The van der Waals surface area contributed by atoms with Gasteiger partial charge in [0, 0.05) is 17.6 Å². The van der Waals surface area contributed by atoms with E-state index in [0.29, 0.717) is 23.1 Å². The third kappa shape index (κ3) is 3.42. The van der Waals surface area contributed by atoms with Gasteiger partial charge in [-0.15, -0.1) is 0 Å². The highest BCUT2D eigenvalue weighted by atomic mass is 79.9. The molecule has 2 rings (SSSR count). The molecule has 1 saturated heterocycles. The Bertz CT molecular complexity index is 473. The minimum atomic E-state index is -4.34. The van der Waals surface area contributed by atoms with E-state index in [4.69, 9.17) is 0 Å². The van der Waals surface area contributed by atoms with Gasteiger partial charge in [0.25, 0.3) is 0 Å². The summed E-state index contributed by atoms with van der Waals surface area (Å²) in [7, 11) is 0. The third-order valence-electron chi connectivity index (χ3n) is 3.29. The van der Waals surface area contributed by atoms with Crippen LogP contribution in [0.4, 0.5) is 18.9 Å². The van der Waals surface area contributed by atoms with E-state index in [-0.39, 0.29) is 0 Å². The van der Waals surface area contributed by atoms with E-state index in [1.807, 2.05) is 4.90 Å². The highest BCUT2D eigenvalue weighted by Crippen LogP contribution is 2.36. The van der Waals surface area contributed by atoms with Crippen LogP contribution in [0.5, 0.6) is 0 Å². The maximum absolute atomic E-state index is 12.6. The molecule has 1 unspecified atom stereocenters. The number of rotatable bonds is 1. The van der Waals surface area contributed by atoms with E-state index in [0.717, 1.165) is 25.1 Å². The van der Waals surface area contributed by atoms with Crippen LogP contribution in [-0.2, 0) is 6.18 Å². The molecule has 0 aromatic heterocycles. The van der Waals surface area contributed by atoms with E-state index < -0.39 is 17.3 Å². The van der Waals surface area contributed by atoms with Crippen molar-refractivity contribution in [2.24, 2.45) is 0 Å². The van der Waals surface area contributed by atoms with Gasteiger partial charge in [0.05, 0.1) is 16.9 Å². The van der Waals surface area contributed by atoms with Crippen LogP contribution in [0.1, 0.15) is 25.3 Å². The van der Waals surface area contributed by atoms with Crippen LogP contribution in [0, 0.1) is 0 Å². The molecule has 1 heterocycles. The summed E-state index contributed by atoms with van der Waals surface area (Å²) >= 11 is 3.19. The number of hydrogen-bond donors (Lipinski definition) is 1. The number of alkyl halides is 3. The number of piperidine rings is 1. The van der Waals surface area contributed by atoms with Crippen molar-refractivity contribution in [1.82, 2.24) is 0 Å². The molecule has 0 saturated carbocycles. The average Bonchev–Trinajstić information content (AvgIpc) is 2.26. The van der Waals surface area contributed by atoms with Gasteiger partial charge < -0.3 is 10.0 Å². The Morgan fingerprint density at radius 3 is 2.58 bits per heavy atom. The van der Waals surface area contributed by atoms with Crippen LogP contribution in [0.25, 0.3) is 0 Å². The minimum Gasteiger partial charge on any atom is -0.388 e. The Morgan fingerprint density at radius 1 is 1.37 bits per heavy atom. The summed E-state index contributed by atoms with van der Waals surface area (Å²) in [5, 5.41) is 10.0. The van der Waals surface area contributed by atoms with Gasteiger partial charge in [0.2, 0.25) is 0 Å². The van der Waals surface area contributed by atoms with Gasteiger partial charge in [0.1, 0.15) is 0 Å². The van der Waals surface area contributed by atoms with E-state index in [1.54, 1.807) is 6.92 Å². The molecule has 0 spiro atoms. The van der Waals surface area contributed by atoms with Crippen molar-refractivity contribution in [2.45, 2.75) is 31.5 Å². The molecule has 0 aliphatic carbocycles. The topological polar surface area (TPSA) is 23.5 Å². The molecule has 106 valence electrons. The van der Waals surface area contributed by atoms with Crippen LogP contribution in [0.2, 0.25) is 0 Å². The zero-order chi connectivity index (χ0) is 14.3. The lowest BCUT2D eigenvalue weighted by atomic mass is 9.94. The molecule has 1 aromatic rings. The fourth-order valence-corrected chi connectivity index (χ4v) is 2.99. The van der Waals surface area contributed by atoms with Crippen LogP contribution in [0.15, 0.2) is 22.7 Å². The number of aliphatic hydroxyl groups is 1. The van der Waals surface area contributed by atoms with E-state index in [9.17, 15) is 18.3 Å². The quantitative estimate of drug-likeness (QED) is 0.842. The molecule has 1 fully saturated rings. The fraction of sp³-hybridized carbons (Fsp3) is 0.538. The average molecular weight is 338 g/mol. The third-order valence-corrected chi connectivity index (χ3v) is 3.93. The Balaban J connectivity index is 2.26. The zero-order valence-electron chi connectivity index (χ0n) is 10.5. The van der Waals surface area contributed by atoms with E-state index in [1.165, 1.54) is 6.07 Å². The first-order valence-corrected chi connectivity index (χ1v) is 6.82. The number of hydrogen-bond acceptors (Lipinski definition) is 2. The maximum Gasteiger partial charge on any atom is 0.416 e. The van der Waals surface area contributed by atoms with E-state index >= 15 is 0 Å². The molecule has 1 aliphatic rings. The van der Waals surface area contributed by atoms with Gasteiger partial charge >= 0.3 is 6.18 Å². The number of β-amino-alcohol motifs (C(OH)–C–C–N with tert-alkyl or cyclic N) is 1. The van der Waals surface area contributed by atoms with Gasteiger partial charge in [-0.2, -0.15) is 13.2 Å². The minimum absolute atomic E-state index is 0.403. The first-order chi connectivity index (χ1) is 8.69. The second kappa shape index (κ2) is 4.98. The molecule has 0 radical (unpaired) electrons. The SMILES string of the molecule is CC1(O)CCCN(c2ccc(C(F)(F)F)cc2Br)C1. The summed E-state index contributed by atoms with van der Waals surface area (Å²) < 4.78 is 38.2. The Hall–Kier alpha value is -0.750. The van der Waals surface area contributed by atoms with Crippen molar-refractivity contribution in [2.75, 3.05) is 18.0 Å². The predicted molar refractivity (Wildman–Crippen MR) is 71.2 cm³/mol. The number of nitrogens with zero attached hydrogens (tertiary/aromatic N) is 1. The monoisotopic (exact) mass is 337 g/mol. The lowest BCUT2D eigenvalue weighted by molar-refractivity contribution is -0.137. The summed E-state index contributed by atoms with van der Waals surface area (Å²) in [5.41, 5.74) is -0.778. The summed E-state index contributed by atoms with van der Waals surface area (Å²) in [6.45, 7) is 2.91. The molecule has 1 aromatic carbocycles. The predicted octanol–water partition coefficient (Wildman–Crippen LogP) is 3.82. The summed E-state index contributed by atoms with van der Waals surface area (Å²) in [5.74, 6) is 0. The second-order valence-corrected chi connectivity index (χ2v) is 6.04. The molecule has 1 atom stereocenters. The van der Waals surface area contributed by atoms with Crippen molar-refractivity contribution in [3.63, 3.8) is 0 Å². The van der Waals surface area contributed by atoms with Gasteiger partial charge in [0.15, 0.2) is 0 Å². The number of halogens is 4. The molecule has 19 heavy (non-hydrogen) atoms. The highest BCUT2D eigenvalue weighted by molar-refractivity contribution is 9.10. The van der Waals surface area contributed by atoms with Crippen LogP contribution in [-0.4, -0.2) is 23.8 Å². The molecular weight excluding hydrogens is 323 g/mol. The van der Waals surface area contributed by atoms with Gasteiger partial charge in [-0.05, 0) is 53.9 Å². The van der Waals surface area contributed by atoms with Gasteiger partial charge in [-0.1, -0.05) is 0 Å². The first kappa shape index (κ1) is 14.7. The Kier molecular flexibility index (Phi) is 3.84. The van der Waals surface area contributed by atoms with Gasteiger partial charge in [-0.3, -0.25) is 0 Å². The summed E-state index contributed by atoms with van der Waals surface area (Å²) in [4.78, 5) is 1.91. The largest absolute Gasteiger partial charge is 0.416 e. The highest BCUT2D eigenvalue weighted by Gasteiger charge is 2.33. The molecule has 6 heteroatoms. The van der Waals surface area contributed by atoms with Crippen molar-refractivity contribution in [1.29, 1.82) is 0 Å². The van der Waals surface area contributed by atoms with Crippen molar-refractivity contribution in [3.05, 3.63) is 28.2 Å². The zero-order valence-corrected chi connectivity index (χ0v) is 12.1. The lowest BCUT2D eigenvalue weighted by Gasteiger charge is -2.38. The van der Waals surface area contributed by atoms with Gasteiger partial charge in [-0.25, -0.2) is 0 Å². The van der Waals surface area contributed by atoms with Crippen LogP contribution >= 0.6 is 15.9 Å². The normalized spacial score (nSPS) is 24.6. The Labute approximate surface area is 118 Å². The van der Waals surface area contributed by atoms with Crippen molar-refractivity contribution < 1.29 is 18.3 Å². The molecule has 0 bridgehead atoms. The standard InChI is InChI=1S/C13H15BrF3NO/c1-12(19)5-2-6-18(8-12)11-4-3-9(7-10(11)14)13(15,16)17/h3-4,7,19H,2,5-6,8H2,1H3. The maximum atomic E-state index is 12.6. The molecule has 1 N–H and O–H groups in total. The van der Waals surface area contributed by atoms with Crippen LogP contribution in [0.3, 0.4) is 0 Å².